The van der Waals surface area contributed by atoms with E-state index in [-0.39, 0.29) is 25.7 Å². The van der Waals surface area contributed by atoms with Crippen molar-refractivity contribution in [1.82, 2.24) is 5.32 Å². The van der Waals surface area contributed by atoms with Crippen molar-refractivity contribution in [3.63, 3.8) is 0 Å². The second kappa shape index (κ2) is 8.00. The molecule has 0 aromatic heterocycles. The lowest BCUT2D eigenvalue weighted by atomic mass is 10.1. The Kier molecular flexibility index (Phi) is 5.10. The summed E-state index contributed by atoms with van der Waals surface area (Å²) in [5.41, 5.74) is 1.73. The summed E-state index contributed by atoms with van der Waals surface area (Å²) < 4.78 is 15.6. The van der Waals surface area contributed by atoms with E-state index in [1.54, 1.807) is 6.07 Å². The normalized spacial score (nSPS) is 12.0. The van der Waals surface area contributed by atoms with Gasteiger partial charge < -0.3 is 19.5 Å². The molecule has 0 atom stereocenters. The van der Waals surface area contributed by atoms with Gasteiger partial charge >= 0.3 is 5.97 Å². The molecule has 1 amide bonds. The summed E-state index contributed by atoms with van der Waals surface area (Å²) >= 11 is 0. The fraction of sp³-hybridized carbons (Fsp3) is 0.182. The highest BCUT2D eigenvalue weighted by Crippen LogP contribution is 2.32. The summed E-state index contributed by atoms with van der Waals surface area (Å²) in [7, 11) is 0. The summed E-state index contributed by atoms with van der Waals surface area (Å²) in [4.78, 5) is 24.0. The van der Waals surface area contributed by atoms with E-state index >= 15 is 0 Å². The maximum atomic E-state index is 12.0. The molecule has 3 aromatic carbocycles. The Bertz CT molecular complexity index is 1030. The topological polar surface area (TPSA) is 73.9 Å². The number of esters is 1. The van der Waals surface area contributed by atoms with Gasteiger partial charge in [-0.15, -0.1) is 0 Å². The standard InChI is InChI=1S/C22H19NO5/c24-21(23-12-16-6-8-19-20(10-16)28-14-27-19)13-26-22(25)11-15-5-7-17-3-1-2-4-18(17)9-15/h1-10H,11-14H2,(H,23,24). The van der Waals surface area contributed by atoms with E-state index in [1.807, 2.05) is 54.6 Å². The molecule has 0 saturated heterocycles. The third-order valence-corrected chi connectivity index (χ3v) is 4.45. The third kappa shape index (κ3) is 4.23. The van der Waals surface area contributed by atoms with E-state index < -0.39 is 5.97 Å². The molecular formula is C22H19NO5. The van der Waals surface area contributed by atoms with Crippen LogP contribution in [-0.4, -0.2) is 25.3 Å². The summed E-state index contributed by atoms with van der Waals surface area (Å²) in [6, 6.07) is 19.2. The Morgan fingerprint density at radius 1 is 0.893 bits per heavy atom. The summed E-state index contributed by atoms with van der Waals surface area (Å²) in [6.45, 7) is 0.215. The number of benzene rings is 3. The minimum atomic E-state index is -0.437. The lowest BCUT2D eigenvalue weighted by Gasteiger charge is -2.08. The van der Waals surface area contributed by atoms with E-state index in [4.69, 9.17) is 14.2 Å². The zero-order valence-corrected chi connectivity index (χ0v) is 15.1. The van der Waals surface area contributed by atoms with Gasteiger partial charge in [-0.2, -0.15) is 0 Å². The van der Waals surface area contributed by atoms with E-state index in [0.29, 0.717) is 18.0 Å². The van der Waals surface area contributed by atoms with E-state index in [2.05, 4.69) is 5.32 Å². The number of carbonyl (C=O) groups is 2. The molecule has 0 bridgehead atoms. The van der Waals surface area contributed by atoms with Gasteiger partial charge in [0.2, 0.25) is 6.79 Å². The van der Waals surface area contributed by atoms with Crippen molar-refractivity contribution >= 4 is 22.6 Å². The molecule has 0 radical (unpaired) electrons. The summed E-state index contributed by atoms with van der Waals surface area (Å²) in [5.74, 6) is 0.560. The van der Waals surface area contributed by atoms with Crippen LogP contribution in [0.5, 0.6) is 11.5 Å². The zero-order valence-electron chi connectivity index (χ0n) is 15.1. The molecule has 28 heavy (non-hydrogen) atoms. The van der Waals surface area contributed by atoms with Gasteiger partial charge in [0.15, 0.2) is 18.1 Å². The molecule has 1 heterocycles. The predicted molar refractivity (Wildman–Crippen MR) is 103 cm³/mol. The van der Waals surface area contributed by atoms with Gasteiger partial charge in [-0.05, 0) is 34.0 Å². The van der Waals surface area contributed by atoms with E-state index in [1.165, 1.54) is 0 Å². The largest absolute Gasteiger partial charge is 0.455 e. The van der Waals surface area contributed by atoms with Crippen LogP contribution in [0.15, 0.2) is 60.7 Å². The van der Waals surface area contributed by atoms with Crippen molar-refractivity contribution in [2.75, 3.05) is 13.4 Å². The van der Waals surface area contributed by atoms with Crippen LogP contribution >= 0.6 is 0 Å². The van der Waals surface area contributed by atoms with Gasteiger partial charge in [-0.3, -0.25) is 9.59 Å². The number of amides is 1. The lowest BCUT2D eigenvalue weighted by molar-refractivity contribution is -0.147. The van der Waals surface area contributed by atoms with E-state index in [9.17, 15) is 9.59 Å². The highest BCUT2D eigenvalue weighted by Gasteiger charge is 2.14. The van der Waals surface area contributed by atoms with Gasteiger partial charge in [0.05, 0.1) is 6.42 Å². The average Bonchev–Trinajstić information content (AvgIpc) is 3.18. The minimum absolute atomic E-state index is 0.125. The average molecular weight is 377 g/mol. The molecule has 0 unspecified atom stereocenters. The second-order valence-corrected chi connectivity index (χ2v) is 6.48. The van der Waals surface area contributed by atoms with Gasteiger partial charge in [0.1, 0.15) is 0 Å². The first-order valence-electron chi connectivity index (χ1n) is 8.96. The van der Waals surface area contributed by atoms with Crippen LogP contribution in [0, 0.1) is 0 Å². The number of fused-ring (bicyclic) bond motifs is 2. The minimum Gasteiger partial charge on any atom is -0.455 e. The first-order valence-corrected chi connectivity index (χ1v) is 8.96. The number of hydrogen-bond donors (Lipinski definition) is 1. The van der Waals surface area contributed by atoms with Gasteiger partial charge in [0, 0.05) is 6.54 Å². The molecule has 1 aliphatic heterocycles. The maximum Gasteiger partial charge on any atom is 0.310 e. The molecular weight excluding hydrogens is 358 g/mol. The molecule has 0 aliphatic carbocycles. The Morgan fingerprint density at radius 2 is 1.68 bits per heavy atom. The second-order valence-electron chi connectivity index (χ2n) is 6.48. The van der Waals surface area contributed by atoms with Crippen molar-refractivity contribution in [1.29, 1.82) is 0 Å². The van der Waals surface area contributed by atoms with Crippen molar-refractivity contribution in [2.45, 2.75) is 13.0 Å². The molecule has 0 spiro atoms. The molecule has 1 N–H and O–H groups in total. The van der Waals surface area contributed by atoms with Crippen LogP contribution in [0.1, 0.15) is 11.1 Å². The van der Waals surface area contributed by atoms with Crippen LogP contribution in [-0.2, 0) is 27.3 Å². The maximum absolute atomic E-state index is 12.0. The first kappa shape index (κ1) is 17.9. The number of ether oxygens (including phenoxy) is 3. The molecule has 142 valence electrons. The molecule has 6 heteroatoms. The van der Waals surface area contributed by atoms with Gasteiger partial charge in [-0.25, -0.2) is 0 Å². The Hall–Kier alpha value is -3.54. The lowest BCUT2D eigenvalue weighted by Crippen LogP contribution is -2.28. The Morgan fingerprint density at radius 3 is 2.57 bits per heavy atom. The van der Waals surface area contributed by atoms with Crippen LogP contribution in [0.4, 0.5) is 0 Å². The fourth-order valence-electron chi connectivity index (χ4n) is 3.02. The van der Waals surface area contributed by atoms with Crippen molar-refractivity contribution < 1.29 is 23.8 Å². The fourth-order valence-corrected chi connectivity index (χ4v) is 3.02. The van der Waals surface area contributed by atoms with Crippen molar-refractivity contribution in [3.05, 3.63) is 71.8 Å². The monoisotopic (exact) mass is 377 g/mol. The highest BCUT2D eigenvalue weighted by atomic mass is 16.7. The summed E-state index contributed by atoms with van der Waals surface area (Å²) in [5, 5.41) is 4.90. The number of hydrogen-bond acceptors (Lipinski definition) is 5. The Balaban J connectivity index is 1.24. The van der Waals surface area contributed by atoms with Crippen LogP contribution in [0.3, 0.4) is 0 Å². The SMILES string of the molecule is O=C(COC(=O)Cc1ccc2ccccc2c1)NCc1ccc2c(c1)OCO2. The molecule has 0 fully saturated rings. The van der Waals surface area contributed by atoms with Gasteiger partial charge in [-0.1, -0.05) is 48.5 Å². The molecule has 0 saturated carbocycles. The first-order chi connectivity index (χ1) is 13.7. The number of carbonyl (C=O) groups excluding carboxylic acids is 2. The number of nitrogens with one attached hydrogen (secondary N) is 1. The smallest absolute Gasteiger partial charge is 0.310 e. The Labute approximate surface area is 162 Å². The van der Waals surface area contributed by atoms with Crippen LogP contribution in [0.25, 0.3) is 10.8 Å². The van der Waals surface area contributed by atoms with Crippen molar-refractivity contribution in [2.24, 2.45) is 0 Å². The zero-order chi connectivity index (χ0) is 19.3. The third-order valence-electron chi connectivity index (χ3n) is 4.45. The number of rotatable bonds is 6. The predicted octanol–water partition coefficient (Wildman–Crippen LogP) is 2.97. The van der Waals surface area contributed by atoms with Crippen molar-refractivity contribution in [3.8, 4) is 11.5 Å². The summed E-state index contributed by atoms with van der Waals surface area (Å²) in [6.07, 6.45) is 0.125. The quantitative estimate of drug-likeness (QED) is 0.669. The van der Waals surface area contributed by atoms with Crippen LogP contribution in [0.2, 0.25) is 0 Å². The van der Waals surface area contributed by atoms with Crippen LogP contribution < -0.4 is 14.8 Å². The highest BCUT2D eigenvalue weighted by molar-refractivity contribution is 5.85. The van der Waals surface area contributed by atoms with Gasteiger partial charge in [0.25, 0.3) is 5.91 Å². The molecule has 4 rings (SSSR count). The molecule has 3 aromatic rings. The molecule has 6 nitrogen and oxygen atoms in total. The molecule has 1 aliphatic rings. The van der Waals surface area contributed by atoms with E-state index in [0.717, 1.165) is 21.9 Å².